The summed E-state index contributed by atoms with van der Waals surface area (Å²) in [6.07, 6.45) is 6.41. The molecule has 0 bridgehead atoms. The molecule has 0 radical (unpaired) electrons. The van der Waals surface area contributed by atoms with E-state index in [0.29, 0.717) is 0 Å². The maximum absolute atomic E-state index is 6.75. The molecule has 0 aliphatic carbocycles. The van der Waals surface area contributed by atoms with Crippen LogP contribution in [0.4, 0.5) is 0 Å². The number of nitrogens with zero attached hydrogens (tertiary/aromatic N) is 1. The van der Waals surface area contributed by atoms with Crippen LogP contribution in [0.1, 0.15) is 6.42 Å². The fourth-order valence-electron chi connectivity index (χ4n) is 0.616. The van der Waals surface area contributed by atoms with E-state index in [1.54, 1.807) is 0 Å². The first-order chi connectivity index (χ1) is 3.43. The van der Waals surface area contributed by atoms with Crippen LogP contribution in [0.3, 0.4) is 0 Å². The van der Waals surface area contributed by atoms with Gasteiger partial charge in [0.25, 0.3) is 0 Å². The Morgan fingerprint density at radius 1 is 1.71 bits per heavy atom. The second kappa shape index (κ2) is 1.78. The Balaban J connectivity index is 2.42. The summed E-state index contributed by atoms with van der Waals surface area (Å²) in [6, 6.07) is 0. The van der Waals surface area contributed by atoms with E-state index in [1.807, 2.05) is 11.1 Å². The molecule has 0 atom stereocenters. The Hall–Kier alpha value is -0.790. The fraction of sp³-hybridized carbons (Fsp3) is 0.400. The van der Waals surface area contributed by atoms with Crippen molar-refractivity contribution in [2.75, 3.05) is 6.54 Å². The average Bonchev–Trinajstić information content (AvgIpc) is 2.14. The van der Waals surface area contributed by atoms with E-state index < -0.39 is 0 Å². The van der Waals surface area contributed by atoms with Gasteiger partial charge in [-0.15, -0.1) is 0 Å². The topological polar surface area (TPSA) is 27.1 Å². The van der Waals surface area contributed by atoms with Crippen LogP contribution in [0.15, 0.2) is 12.3 Å². The van der Waals surface area contributed by atoms with Gasteiger partial charge < -0.3 is 4.90 Å². The van der Waals surface area contributed by atoms with E-state index >= 15 is 0 Å². The minimum Gasteiger partial charge on any atom is -0.340 e. The molecule has 0 amide bonds. The van der Waals surface area contributed by atoms with Crippen LogP contribution < -0.4 is 0 Å². The number of hydrogen-bond acceptors (Lipinski definition) is 1. The van der Waals surface area contributed by atoms with Crippen molar-refractivity contribution in [3.63, 3.8) is 0 Å². The monoisotopic (exact) mass is 96.1 g/mol. The maximum atomic E-state index is 6.75. The van der Waals surface area contributed by atoms with E-state index in [4.69, 9.17) is 5.41 Å². The average molecular weight is 96.1 g/mol. The van der Waals surface area contributed by atoms with E-state index in [0.717, 1.165) is 13.0 Å². The van der Waals surface area contributed by atoms with Gasteiger partial charge in [-0.05, 0) is 6.42 Å². The summed E-state index contributed by atoms with van der Waals surface area (Å²) in [7, 11) is 0. The normalized spacial score (nSPS) is 18.0. The van der Waals surface area contributed by atoms with Gasteiger partial charge in [0.1, 0.15) is 0 Å². The van der Waals surface area contributed by atoms with Crippen LogP contribution in [0.5, 0.6) is 0 Å². The molecule has 0 aromatic rings. The Morgan fingerprint density at radius 3 is 2.86 bits per heavy atom. The lowest BCUT2D eigenvalue weighted by Gasteiger charge is -2.02. The molecule has 0 aromatic carbocycles. The van der Waals surface area contributed by atoms with E-state index in [2.05, 4.69) is 6.08 Å². The van der Waals surface area contributed by atoms with Crippen LogP contribution in [-0.4, -0.2) is 17.8 Å². The zero-order valence-corrected chi connectivity index (χ0v) is 4.09. The van der Waals surface area contributed by atoms with Gasteiger partial charge in [0.15, 0.2) is 0 Å². The molecule has 38 valence electrons. The largest absolute Gasteiger partial charge is 0.340 e. The van der Waals surface area contributed by atoms with Crippen molar-refractivity contribution in [1.29, 1.82) is 5.41 Å². The smallest absolute Gasteiger partial charge is 0.0857 e. The van der Waals surface area contributed by atoms with Crippen molar-refractivity contribution >= 4 is 6.34 Å². The third kappa shape index (κ3) is 0.796. The molecule has 1 rings (SSSR count). The molecule has 1 aliphatic rings. The molecule has 0 fully saturated rings. The van der Waals surface area contributed by atoms with Gasteiger partial charge in [0, 0.05) is 12.7 Å². The summed E-state index contributed by atoms with van der Waals surface area (Å²) in [5.41, 5.74) is 0. The van der Waals surface area contributed by atoms with Crippen molar-refractivity contribution in [2.24, 2.45) is 0 Å². The lowest BCUT2D eigenvalue weighted by Crippen LogP contribution is -2.09. The van der Waals surface area contributed by atoms with E-state index in [-0.39, 0.29) is 0 Å². The zero-order valence-electron chi connectivity index (χ0n) is 4.09. The summed E-state index contributed by atoms with van der Waals surface area (Å²) >= 11 is 0. The molecular formula is C5H8N2. The van der Waals surface area contributed by atoms with Gasteiger partial charge >= 0.3 is 0 Å². The van der Waals surface area contributed by atoms with Crippen molar-refractivity contribution in [3.05, 3.63) is 12.3 Å². The first kappa shape index (κ1) is 4.37. The summed E-state index contributed by atoms with van der Waals surface area (Å²) in [5, 5.41) is 6.75. The Morgan fingerprint density at radius 2 is 2.57 bits per heavy atom. The Labute approximate surface area is 42.9 Å². The minimum absolute atomic E-state index is 0.990. The van der Waals surface area contributed by atoms with Gasteiger partial charge in [0.05, 0.1) is 6.34 Å². The van der Waals surface area contributed by atoms with Crippen molar-refractivity contribution in [1.82, 2.24) is 4.90 Å². The van der Waals surface area contributed by atoms with Crippen LogP contribution in [0.25, 0.3) is 0 Å². The molecule has 0 spiro atoms. The lowest BCUT2D eigenvalue weighted by atomic mass is 10.5. The molecule has 2 heteroatoms. The Bertz CT molecular complexity index is 96.3. The van der Waals surface area contributed by atoms with Crippen molar-refractivity contribution in [3.8, 4) is 0 Å². The van der Waals surface area contributed by atoms with E-state index in [9.17, 15) is 0 Å². The summed E-state index contributed by atoms with van der Waals surface area (Å²) < 4.78 is 0. The predicted octanol–water partition coefficient (Wildman–Crippen LogP) is 0.813. The molecule has 1 aliphatic heterocycles. The molecule has 7 heavy (non-hydrogen) atoms. The fourth-order valence-corrected chi connectivity index (χ4v) is 0.616. The third-order valence-electron chi connectivity index (χ3n) is 1.02. The third-order valence-corrected chi connectivity index (χ3v) is 1.02. The van der Waals surface area contributed by atoms with Crippen molar-refractivity contribution in [2.45, 2.75) is 6.42 Å². The Kier molecular flexibility index (Phi) is 1.11. The maximum Gasteiger partial charge on any atom is 0.0857 e. The molecule has 2 nitrogen and oxygen atoms in total. The van der Waals surface area contributed by atoms with Gasteiger partial charge in [-0.3, -0.25) is 5.41 Å². The molecule has 0 unspecified atom stereocenters. The molecule has 0 saturated heterocycles. The second-order valence-corrected chi connectivity index (χ2v) is 1.54. The molecule has 1 heterocycles. The molecular weight excluding hydrogens is 88.1 g/mol. The lowest BCUT2D eigenvalue weighted by molar-refractivity contribution is 0.616. The quantitative estimate of drug-likeness (QED) is 0.379. The first-order valence-electron chi connectivity index (χ1n) is 2.36. The van der Waals surface area contributed by atoms with Crippen LogP contribution >= 0.6 is 0 Å². The zero-order chi connectivity index (χ0) is 5.11. The standard InChI is InChI=1S/C5H8N2/c6-5-7-3-1-2-4-7/h1,3,5-6H,2,4H2. The highest BCUT2D eigenvalue weighted by molar-refractivity contribution is 5.53. The molecule has 0 saturated carbocycles. The highest BCUT2D eigenvalue weighted by atomic mass is 15.1. The summed E-state index contributed by atoms with van der Waals surface area (Å²) in [4.78, 5) is 1.85. The number of rotatable bonds is 1. The van der Waals surface area contributed by atoms with Crippen molar-refractivity contribution < 1.29 is 0 Å². The first-order valence-corrected chi connectivity index (χ1v) is 2.36. The highest BCUT2D eigenvalue weighted by Gasteiger charge is 1.96. The summed E-state index contributed by atoms with van der Waals surface area (Å²) in [6.45, 7) is 0.990. The summed E-state index contributed by atoms with van der Waals surface area (Å²) in [5.74, 6) is 0. The molecule has 1 N–H and O–H groups in total. The number of hydrogen-bond donors (Lipinski definition) is 1. The van der Waals surface area contributed by atoms with Crippen LogP contribution in [-0.2, 0) is 0 Å². The second-order valence-electron chi connectivity index (χ2n) is 1.54. The van der Waals surface area contributed by atoms with Gasteiger partial charge in [0.2, 0.25) is 0 Å². The molecule has 0 aromatic heterocycles. The number of nitrogens with one attached hydrogen (secondary N) is 1. The predicted molar refractivity (Wildman–Crippen MR) is 29.2 cm³/mol. The van der Waals surface area contributed by atoms with Gasteiger partial charge in [-0.25, -0.2) is 0 Å². The minimum atomic E-state index is 0.990. The van der Waals surface area contributed by atoms with Gasteiger partial charge in [-0.1, -0.05) is 6.08 Å². The van der Waals surface area contributed by atoms with Gasteiger partial charge in [-0.2, -0.15) is 0 Å². The van der Waals surface area contributed by atoms with Crippen LogP contribution in [0.2, 0.25) is 0 Å². The highest BCUT2D eigenvalue weighted by Crippen LogP contribution is 1.98. The SMILES string of the molecule is N=CN1C=CCC1. The van der Waals surface area contributed by atoms with Crippen LogP contribution in [0, 0.1) is 5.41 Å². The van der Waals surface area contributed by atoms with E-state index in [1.165, 1.54) is 6.34 Å².